The van der Waals surface area contributed by atoms with Crippen LogP contribution in [0.3, 0.4) is 0 Å². The number of nitrogens with zero attached hydrogens (tertiary/aromatic N) is 3. The molecule has 29 heavy (non-hydrogen) atoms. The molecule has 1 N–H and O–H groups in total. The third kappa shape index (κ3) is 3.37. The summed E-state index contributed by atoms with van der Waals surface area (Å²) >= 11 is 0. The first kappa shape index (κ1) is 19.4. The number of aromatic nitrogens is 3. The molecule has 0 aliphatic carbocycles. The summed E-state index contributed by atoms with van der Waals surface area (Å²) < 4.78 is 1.70. The fourth-order valence-electron chi connectivity index (χ4n) is 4.77. The molecule has 1 aliphatic rings. The molecule has 0 bridgehead atoms. The number of nitrogens with one attached hydrogen (secondary N) is 1. The Bertz CT molecular complexity index is 1190. The van der Waals surface area contributed by atoms with E-state index in [1.807, 2.05) is 25.8 Å². The molecule has 6 nitrogen and oxygen atoms in total. The summed E-state index contributed by atoms with van der Waals surface area (Å²) in [5, 5.41) is 5.39. The van der Waals surface area contributed by atoms with Gasteiger partial charge in [0.1, 0.15) is 5.65 Å². The van der Waals surface area contributed by atoms with Gasteiger partial charge in [0.2, 0.25) is 5.91 Å². The Morgan fingerprint density at radius 2 is 1.97 bits per heavy atom. The second-order valence-electron chi connectivity index (χ2n) is 8.28. The van der Waals surface area contributed by atoms with Crippen LogP contribution in [-0.2, 0) is 31.2 Å². The molecule has 4 rings (SSSR count). The van der Waals surface area contributed by atoms with Crippen LogP contribution in [0.1, 0.15) is 45.5 Å². The van der Waals surface area contributed by atoms with Crippen LogP contribution in [-0.4, -0.2) is 32.1 Å². The standard InChI is InChI=1S/C23H28N4O2/c1-13-10-14(2)18-8-9-27(12-17(18)11-13)20(28)7-6-19-15(3)21-16(4)25-26(5)22(21)24-23(19)29/h10-11H,6-9,12H2,1-5H3,(H,24,29). The van der Waals surface area contributed by atoms with Crippen LogP contribution in [0.4, 0.5) is 0 Å². The Morgan fingerprint density at radius 3 is 2.72 bits per heavy atom. The lowest BCUT2D eigenvalue weighted by Gasteiger charge is -2.30. The highest BCUT2D eigenvalue weighted by atomic mass is 16.2. The highest BCUT2D eigenvalue weighted by molar-refractivity contribution is 5.83. The first-order chi connectivity index (χ1) is 13.8. The minimum atomic E-state index is -0.124. The first-order valence-electron chi connectivity index (χ1n) is 10.2. The van der Waals surface area contributed by atoms with Gasteiger partial charge in [-0.3, -0.25) is 14.3 Å². The molecule has 152 valence electrons. The SMILES string of the molecule is Cc1cc(C)c2c(c1)CN(C(=O)CCc1c(C)c3c(C)nn(C)c3[nH]c1=O)CC2. The molecule has 3 heterocycles. The zero-order valence-corrected chi connectivity index (χ0v) is 17.8. The molecular weight excluding hydrogens is 364 g/mol. The molecule has 1 amide bonds. The molecule has 0 fully saturated rings. The molecule has 2 aromatic heterocycles. The number of H-pyrrole nitrogens is 1. The second-order valence-corrected chi connectivity index (χ2v) is 8.28. The quantitative estimate of drug-likeness (QED) is 0.745. The fraction of sp³-hybridized carbons (Fsp3) is 0.435. The zero-order valence-electron chi connectivity index (χ0n) is 17.8. The molecule has 3 aromatic rings. The summed E-state index contributed by atoms with van der Waals surface area (Å²) in [5.74, 6) is 0.108. The van der Waals surface area contributed by atoms with Crippen molar-refractivity contribution in [3.63, 3.8) is 0 Å². The van der Waals surface area contributed by atoms with Gasteiger partial charge in [-0.15, -0.1) is 0 Å². The summed E-state index contributed by atoms with van der Waals surface area (Å²) in [6, 6.07) is 4.40. The summed E-state index contributed by atoms with van der Waals surface area (Å²) in [4.78, 5) is 30.4. The maximum Gasteiger partial charge on any atom is 0.253 e. The maximum atomic E-state index is 12.9. The van der Waals surface area contributed by atoms with Crippen LogP contribution in [0.25, 0.3) is 11.0 Å². The summed E-state index contributed by atoms with van der Waals surface area (Å²) in [7, 11) is 1.82. The average molecular weight is 393 g/mol. The normalized spacial score (nSPS) is 13.8. The minimum Gasteiger partial charge on any atom is -0.338 e. The molecule has 0 spiro atoms. The predicted molar refractivity (Wildman–Crippen MR) is 114 cm³/mol. The van der Waals surface area contributed by atoms with Gasteiger partial charge < -0.3 is 9.88 Å². The highest BCUT2D eigenvalue weighted by Gasteiger charge is 2.23. The van der Waals surface area contributed by atoms with Gasteiger partial charge in [-0.2, -0.15) is 5.10 Å². The predicted octanol–water partition coefficient (Wildman–Crippen LogP) is 3.01. The van der Waals surface area contributed by atoms with Crippen molar-refractivity contribution in [3.05, 3.63) is 61.6 Å². The van der Waals surface area contributed by atoms with Gasteiger partial charge in [-0.25, -0.2) is 0 Å². The molecule has 0 saturated heterocycles. The van der Waals surface area contributed by atoms with Gasteiger partial charge in [0.15, 0.2) is 0 Å². The Kier molecular flexibility index (Phi) is 4.81. The molecule has 1 aromatic carbocycles. The van der Waals surface area contributed by atoms with Crippen LogP contribution in [0.2, 0.25) is 0 Å². The van der Waals surface area contributed by atoms with Crippen molar-refractivity contribution < 1.29 is 4.79 Å². The third-order valence-electron chi connectivity index (χ3n) is 6.20. The number of pyridine rings is 1. The van der Waals surface area contributed by atoms with Crippen molar-refractivity contribution in [2.75, 3.05) is 6.54 Å². The van der Waals surface area contributed by atoms with Crippen LogP contribution >= 0.6 is 0 Å². The number of fused-ring (bicyclic) bond motifs is 2. The van der Waals surface area contributed by atoms with Gasteiger partial charge in [0, 0.05) is 37.5 Å². The lowest BCUT2D eigenvalue weighted by Crippen LogP contribution is -2.36. The van der Waals surface area contributed by atoms with E-state index in [1.54, 1.807) is 4.68 Å². The van der Waals surface area contributed by atoms with E-state index in [1.165, 1.54) is 22.3 Å². The smallest absolute Gasteiger partial charge is 0.253 e. The fourth-order valence-corrected chi connectivity index (χ4v) is 4.77. The van der Waals surface area contributed by atoms with E-state index < -0.39 is 0 Å². The Balaban J connectivity index is 1.53. The van der Waals surface area contributed by atoms with E-state index in [9.17, 15) is 9.59 Å². The van der Waals surface area contributed by atoms with Gasteiger partial charge >= 0.3 is 0 Å². The van der Waals surface area contributed by atoms with Crippen LogP contribution in [0.15, 0.2) is 16.9 Å². The number of aromatic amines is 1. The van der Waals surface area contributed by atoms with Crippen molar-refractivity contribution in [1.82, 2.24) is 19.7 Å². The van der Waals surface area contributed by atoms with Gasteiger partial charge in [-0.1, -0.05) is 17.7 Å². The van der Waals surface area contributed by atoms with Crippen molar-refractivity contribution in [1.29, 1.82) is 0 Å². The Morgan fingerprint density at radius 1 is 1.21 bits per heavy atom. The minimum absolute atomic E-state index is 0.108. The topological polar surface area (TPSA) is 71.0 Å². The lowest BCUT2D eigenvalue weighted by atomic mass is 9.93. The lowest BCUT2D eigenvalue weighted by molar-refractivity contribution is -0.132. The van der Waals surface area contributed by atoms with E-state index in [0.717, 1.165) is 35.3 Å². The van der Waals surface area contributed by atoms with Crippen molar-refractivity contribution in [2.45, 2.75) is 53.5 Å². The molecular formula is C23H28N4O2. The van der Waals surface area contributed by atoms with Crippen molar-refractivity contribution >= 4 is 16.9 Å². The molecule has 0 radical (unpaired) electrons. The van der Waals surface area contributed by atoms with Gasteiger partial charge in [-0.05, 0) is 62.8 Å². The molecule has 0 atom stereocenters. The van der Waals surface area contributed by atoms with Gasteiger partial charge in [0.25, 0.3) is 5.56 Å². The molecule has 0 unspecified atom stereocenters. The largest absolute Gasteiger partial charge is 0.338 e. The molecule has 1 aliphatic heterocycles. The molecule has 0 saturated carbocycles. The maximum absolute atomic E-state index is 12.9. The van der Waals surface area contributed by atoms with Crippen LogP contribution in [0, 0.1) is 27.7 Å². The zero-order chi connectivity index (χ0) is 20.9. The summed E-state index contributed by atoms with van der Waals surface area (Å²) in [5.41, 5.74) is 8.30. The van der Waals surface area contributed by atoms with E-state index >= 15 is 0 Å². The van der Waals surface area contributed by atoms with Crippen LogP contribution in [0.5, 0.6) is 0 Å². The van der Waals surface area contributed by atoms with Crippen molar-refractivity contribution in [3.8, 4) is 0 Å². The monoisotopic (exact) mass is 392 g/mol. The number of amides is 1. The number of carbonyl (C=O) groups is 1. The summed E-state index contributed by atoms with van der Waals surface area (Å²) in [6.45, 7) is 9.54. The highest BCUT2D eigenvalue weighted by Crippen LogP contribution is 2.25. The molecule has 6 heteroatoms. The average Bonchev–Trinajstić information content (AvgIpc) is 2.94. The van der Waals surface area contributed by atoms with E-state index in [0.29, 0.717) is 24.9 Å². The van der Waals surface area contributed by atoms with E-state index in [-0.39, 0.29) is 11.5 Å². The number of carbonyl (C=O) groups excluding carboxylic acids is 1. The van der Waals surface area contributed by atoms with Crippen molar-refractivity contribution in [2.24, 2.45) is 7.05 Å². The number of hydrogen-bond donors (Lipinski definition) is 1. The third-order valence-corrected chi connectivity index (χ3v) is 6.20. The van der Waals surface area contributed by atoms with Gasteiger partial charge in [0.05, 0.1) is 5.69 Å². The number of rotatable bonds is 3. The number of benzene rings is 1. The summed E-state index contributed by atoms with van der Waals surface area (Å²) in [6.07, 6.45) is 1.68. The van der Waals surface area contributed by atoms with E-state index in [2.05, 4.69) is 36.1 Å². The van der Waals surface area contributed by atoms with E-state index in [4.69, 9.17) is 0 Å². The Hall–Kier alpha value is -2.89. The first-order valence-corrected chi connectivity index (χ1v) is 10.2. The number of aryl methyl sites for hydroxylation is 5. The number of hydrogen-bond acceptors (Lipinski definition) is 3. The Labute approximate surface area is 170 Å². The second kappa shape index (κ2) is 7.17. The van der Waals surface area contributed by atoms with Crippen LogP contribution < -0.4 is 5.56 Å².